The van der Waals surface area contributed by atoms with Crippen LogP contribution in [0.25, 0.3) is 0 Å². The highest BCUT2D eigenvalue weighted by Gasteiger charge is 2.28. The molecular formula is C42H83NO5. The number of carbonyl (C=O) groups excluding carboxylic acids is 1. The quantitative estimate of drug-likeness (QED) is 0.0329. The number of allylic oxidation sites excluding steroid dienone is 2. The van der Waals surface area contributed by atoms with E-state index >= 15 is 0 Å². The molecule has 6 heteroatoms. The Morgan fingerprint density at radius 2 is 0.833 bits per heavy atom. The Morgan fingerprint density at radius 3 is 1.25 bits per heavy atom. The van der Waals surface area contributed by atoms with Crippen molar-refractivity contribution < 1.29 is 25.2 Å². The first kappa shape index (κ1) is 47.0. The van der Waals surface area contributed by atoms with Crippen LogP contribution in [0.4, 0.5) is 0 Å². The molecule has 0 aliphatic carbocycles. The summed E-state index contributed by atoms with van der Waals surface area (Å²) >= 11 is 0. The Labute approximate surface area is 298 Å². The first-order valence-corrected chi connectivity index (χ1v) is 21.1. The van der Waals surface area contributed by atoms with Gasteiger partial charge in [0.25, 0.3) is 0 Å². The number of aliphatic hydroxyl groups excluding tert-OH is 4. The monoisotopic (exact) mass is 682 g/mol. The SMILES string of the molecule is CCCCC/C=C/CCCCCCCCCCC(O)C(=O)NC(CO)C(O)C(O)CCCCCCCCCCCCCCCCCCC. The Hall–Kier alpha value is -0.950. The largest absolute Gasteiger partial charge is 0.394 e. The van der Waals surface area contributed by atoms with E-state index in [4.69, 9.17) is 0 Å². The van der Waals surface area contributed by atoms with Crippen molar-refractivity contribution in [1.29, 1.82) is 0 Å². The van der Waals surface area contributed by atoms with Gasteiger partial charge in [-0.2, -0.15) is 0 Å². The number of nitrogens with one attached hydrogen (secondary N) is 1. The standard InChI is InChI=1S/C42H83NO5/c1-3-5-7-9-11-13-15-17-19-20-22-23-25-27-29-31-33-35-39(45)41(47)38(37-44)43-42(48)40(46)36-34-32-30-28-26-24-21-18-16-14-12-10-8-6-4-2/h12,14,38-41,44-47H,3-11,13,15-37H2,1-2H3,(H,43,48)/b14-12+. The topological polar surface area (TPSA) is 110 Å². The summed E-state index contributed by atoms with van der Waals surface area (Å²) in [6, 6.07) is -0.982. The fraction of sp³-hybridized carbons (Fsp3) is 0.929. The van der Waals surface area contributed by atoms with E-state index in [1.807, 2.05) is 0 Å². The number of aliphatic hydroxyl groups is 4. The van der Waals surface area contributed by atoms with Gasteiger partial charge in [-0.05, 0) is 38.5 Å². The molecular weight excluding hydrogens is 598 g/mol. The number of amides is 1. The zero-order chi connectivity index (χ0) is 35.3. The molecule has 0 spiro atoms. The number of rotatable bonds is 38. The van der Waals surface area contributed by atoms with Crippen molar-refractivity contribution in [3.63, 3.8) is 0 Å². The lowest BCUT2D eigenvalue weighted by atomic mass is 9.99. The maximum Gasteiger partial charge on any atom is 0.249 e. The lowest BCUT2D eigenvalue weighted by molar-refractivity contribution is -0.132. The average Bonchev–Trinajstić information content (AvgIpc) is 3.09. The lowest BCUT2D eigenvalue weighted by Crippen LogP contribution is -2.53. The van der Waals surface area contributed by atoms with Gasteiger partial charge in [-0.3, -0.25) is 4.79 Å². The molecule has 4 atom stereocenters. The second-order valence-corrected chi connectivity index (χ2v) is 14.7. The number of unbranched alkanes of at least 4 members (excludes halogenated alkanes) is 27. The molecule has 48 heavy (non-hydrogen) atoms. The lowest BCUT2D eigenvalue weighted by Gasteiger charge is -2.27. The number of carbonyl (C=O) groups is 1. The van der Waals surface area contributed by atoms with Crippen LogP contribution in [0.3, 0.4) is 0 Å². The Kier molecular flexibility index (Phi) is 36.6. The smallest absolute Gasteiger partial charge is 0.249 e. The summed E-state index contributed by atoms with van der Waals surface area (Å²) < 4.78 is 0. The Bertz CT molecular complexity index is 687. The van der Waals surface area contributed by atoms with Crippen LogP contribution in [0, 0.1) is 0 Å². The fourth-order valence-corrected chi connectivity index (χ4v) is 6.57. The van der Waals surface area contributed by atoms with Crippen molar-refractivity contribution in [3.05, 3.63) is 12.2 Å². The van der Waals surface area contributed by atoms with Crippen LogP contribution >= 0.6 is 0 Å². The third kappa shape index (κ3) is 31.1. The van der Waals surface area contributed by atoms with Crippen LogP contribution < -0.4 is 5.32 Å². The van der Waals surface area contributed by atoms with E-state index in [0.717, 1.165) is 38.5 Å². The van der Waals surface area contributed by atoms with Crippen molar-refractivity contribution in [2.75, 3.05) is 6.61 Å². The van der Waals surface area contributed by atoms with Crippen molar-refractivity contribution in [2.45, 2.75) is 244 Å². The van der Waals surface area contributed by atoms with Gasteiger partial charge >= 0.3 is 0 Å². The first-order chi connectivity index (χ1) is 23.5. The molecule has 0 aromatic heterocycles. The maximum atomic E-state index is 12.5. The minimum atomic E-state index is -1.26. The molecule has 0 aliphatic rings. The highest BCUT2D eigenvalue weighted by atomic mass is 16.3. The van der Waals surface area contributed by atoms with Crippen molar-refractivity contribution >= 4 is 5.91 Å². The van der Waals surface area contributed by atoms with E-state index in [1.165, 1.54) is 154 Å². The normalized spacial score (nSPS) is 14.4. The zero-order valence-corrected chi connectivity index (χ0v) is 32.0. The third-order valence-electron chi connectivity index (χ3n) is 9.98. The summed E-state index contributed by atoms with van der Waals surface area (Å²) in [7, 11) is 0. The average molecular weight is 682 g/mol. The second-order valence-electron chi connectivity index (χ2n) is 14.7. The minimum absolute atomic E-state index is 0.368. The molecule has 0 aromatic carbocycles. The van der Waals surface area contributed by atoms with Crippen molar-refractivity contribution in [1.82, 2.24) is 5.32 Å². The van der Waals surface area contributed by atoms with Crippen LogP contribution in [0.2, 0.25) is 0 Å². The summed E-state index contributed by atoms with van der Waals surface area (Å²) in [6.07, 6.45) is 39.4. The van der Waals surface area contributed by atoms with Gasteiger partial charge in [-0.15, -0.1) is 0 Å². The van der Waals surface area contributed by atoms with Gasteiger partial charge in [0.05, 0.1) is 18.8 Å². The first-order valence-electron chi connectivity index (χ1n) is 21.1. The van der Waals surface area contributed by atoms with Crippen LogP contribution in [0.1, 0.15) is 219 Å². The predicted molar refractivity (Wildman–Crippen MR) is 205 cm³/mol. The molecule has 5 N–H and O–H groups in total. The van der Waals surface area contributed by atoms with E-state index in [-0.39, 0.29) is 0 Å². The molecule has 286 valence electrons. The number of hydrogen-bond acceptors (Lipinski definition) is 5. The highest BCUT2D eigenvalue weighted by Crippen LogP contribution is 2.16. The minimum Gasteiger partial charge on any atom is -0.394 e. The van der Waals surface area contributed by atoms with Crippen LogP contribution in [-0.2, 0) is 4.79 Å². The molecule has 1 amide bonds. The van der Waals surface area contributed by atoms with E-state index in [9.17, 15) is 25.2 Å². The molecule has 0 saturated carbocycles. The molecule has 0 radical (unpaired) electrons. The summed E-state index contributed by atoms with van der Waals surface area (Å²) in [6.45, 7) is 4.03. The molecule has 0 fully saturated rings. The van der Waals surface area contributed by atoms with Gasteiger partial charge in [0.1, 0.15) is 12.2 Å². The summed E-state index contributed by atoms with van der Waals surface area (Å²) in [5, 5.41) is 43.6. The van der Waals surface area contributed by atoms with Crippen LogP contribution in [0.15, 0.2) is 12.2 Å². The van der Waals surface area contributed by atoms with Gasteiger partial charge in [0.15, 0.2) is 0 Å². The summed E-state index contributed by atoms with van der Waals surface area (Å²) in [4.78, 5) is 12.5. The van der Waals surface area contributed by atoms with E-state index in [0.29, 0.717) is 12.8 Å². The van der Waals surface area contributed by atoms with E-state index in [2.05, 4.69) is 31.3 Å². The van der Waals surface area contributed by atoms with Crippen LogP contribution in [0.5, 0.6) is 0 Å². The van der Waals surface area contributed by atoms with Gasteiger partial charge in [0, 0.05) is 0 Å². The van der Waals surface area contributed by atoms with Crippen molar-refractivity contribution in [3.8, 4) is 0 Å². The summed E-state index contributed by atoms with van der Waals surface area (Å²) in [5.41, 5.74) is 0. The van der Waals surface area contributed by atoms with Gasteiger partial charge in [0.2, 0.25) is 5.91 Å². The van der Waals surface area contributed by atoms with Gasteiger partial charge < -0.3 is 25.7 Å². The van der Waals surface area contributed by atoms with Gasteiger partial charge in [-0.1, -0.05) is 193 Å². The molecule has 0 bridgehead atoms. The van der Waals surface area contributed by atoms with Gasteiger partial charge in [-0.25, -0.2) is 0 Å². The second kappa shape index (κ2) is 37.3. The predicted octanol–water partition coefficient (Wildman–Crippen LogP) is 10.6. The molecule has 0 saturated heterocycles. The number of hydrogen-bond donors (Lipinski definition) is 5. The molecule has 4 unspecified atom stereocenters. The molecule has 0 rings (SSSR count). The summed E-state index contributed by atoms with van der Waals surface area (Å²) in [5.74, 6) is -0.586. The molecule has 0 aliphatic heterocycles. The highest BCUT2D eigenvalue weighted by molar-refractivity contribution is 5.80. The van der Waals surface area contributed by atoms with Crippen LogP contribution in [-0.4, -0.2) is 57.3 Å². The molecule has 6 nitrogen and oxygen atoms in total. The Morgan fingerprint density at radius 1 is 0.500 bits per heavy atom. The van der Waals surface area contributed by atoms with Crippen molar-refractivity contribution in [2.24, 2.45) is 0 Å². The van der Waals surface area contributed by atoms with E-state index < -0.39 is 36.9 Å². The Balaban J connectivity index is 3.74. The molecule has 0 aromatic rings. The van der Waals surface area contributed by atoms with E-state index in [1.54, 1.807) is 0 Å². The third-order valence-corrected chi connectivity index (χ3v) is 9.98. The zero-order valence-electron chi connectivity index (χ0n) is 32.0. The maximum absolute atomic E-state index is 12.5. The molecule has 0 heterocycles. The fourth-order valence-electron chi connectivity index (χ4n) is 6.57.